The summed E-state index contributed by atoms with van der Waals surface area (Å²) in [5, 5.41) is 11.2. The Labute approximate surface area is 122 Å². The average molecular weight is 294 g/mol. The lowest BCUT2D eigenvalue weighted by atomic mass is 10.2. The summed E-state index contributed by atoms with van der Waals surface area (Å²) in [5.74, 6) is -1.71. The molecule has 0 aliphatic carbocycles. The molecule has 0 aliphatic heterocycles. The van der Waals surface area contributed by atoms with Gasteiger partial charge in [-0.05, 0) is 25.5 Å². The van der Waals surface area contributed by atoms with Gasteiger partial charge in [-0.15, -0.1) is 0 Å². The highest BCUT2D eigenvalue weighted by Crippen LogP contribution is 2.16. The zero-order valence-corrected chi connectivity index (χ0v) is 11.7. The zero-order valence-electron chi connectivity index (χ0n) is 11.7. The minimum atomic E-state index is -0.914. The molecule has 21 heavy (non-hydrogen) atoms. The third-order valence-corrected chi connectivity index (χ3v) is 2.71. The van der Waals surface area contributed by atoms with E-state index in [-0.39, 0.29) is 30.4 Å². The summed E-state index contributed by atoms with van der Waals surface area (Å²) in [6.45, 7) is 1.43. The lowest BCUT2D eigenvalue weighted by Crippen LogP contribution is -2.36. The Kier molecular flexibility index (Phi) is 6.19. The van der Waals surface area contributed by atoms with Crippen LogP contribution in [-0.2, 0) is 9.59 Å². The number of carboxylic acids is 1. The van der Waals surface area contributed by atoms with Gasteiger partial charge in [-0.3, -0.25) is 14.4 Å². The fourth-order valence-corrected chi connectivity index (χ4v) is 1.67. The van der Waals surface area contributed by atoms with Crippen LogP contribution < -0.4 is 15.8 Å². The molecule has 0 spiro atoms. The van der Waals surface area contributed by atoms with E-state index in [2.05, 4.69) is 5.32 Å². The number of ether oxygens (including phenoxy) is 1. The molecule has 0 fully saturated rings. The van der Waals surface area contributed by atoms with Gasteiger partial charge in [0, 0.05) is 12.5 Å². The van der Waals surface area contributed by atoms with Gasteiger partial charge in [-0.2, -0.15) is 0 Å². The summed E-state index contributed by atoms with van der Waals surface area (Å²) < 4.78 is 5.26. The Morgan fingerprint density at radius 1 is 1.33 bits per heavy atom. The number of carbonyl (C=O) groups excluding carboxylic acids is 2. The van der Waals surface area contributed by atoms with Crippen molar-refractivity contribution in [2.45, 2.75) is 25.8 Å². The van der Waals surface area contributed by atoms with E-state index in [1.807, 2.05) is 0 Å². The van der Waals surface area contributed by atoms with Gasteiger partial charge < -0.3 is 20.9 Å². The summed E-state index contributed by atoms with van der Waals surface area (Å²) in [7, 11) is 0. The summed E-state index contributed by atoms with van der Waals surface area (Å²) in [6, 6.07) is 6.08. The highest BCUT2D eigenvalue weighted by molar-refractivity contribution is 5.95. The first-order chi connectivity index (χ1) is 9.90. The van der Waals surface area contributed by atoms with Crippen LogP contribution in [0.3, 0.4) is 0 Å². The van der Waals surface area contributed by atoms with Crippen molar-refractivity contribution >= 4 is 17.8 Å². The maximum Gasteiger partial charge on any atom is 0.303 e. The van der Waals surface area contributed by atoms with Crippen molar-refractivity contribution in [3.63, 3.8) is 0 Å². The van der Waals surface area contributed by atoms with Gasteiger partial charge in [0.1, 0.15) is 5.75 Å². The lowest BCUT2D eigenvalue weighted by Gasteiger charge is -2.14. The van der Waals surface area contributed by atoms with Gasteiger partial charge in [-0.25, -0.2) is 0 Å². The number of hydrogen-bond donors (Lipinski definition) is 3. The number of hydrogen-bond acceptors (Lipinski definition) is 4. The molecule has 4 N–H and O–H groups in total. The van der Waals surface area contributed by atoms with Gasteiger partial charge in [0.2, 0.25) is 0 Å². The SMILES string of the molecule is CC(CCC(=O)O)NC(=O)COc1ccccc1C(N)=O. The quantitative estimate of drug-likeness (QED) is 0.646. The first-order valence-electron chi connectivity index (χ1n) is 6.43. The summed E-state index contributed by atoms with van der Waals surface area (Å²) in [4.78, 5) is 33.3. The lowest BCUT2D eigenvalue weighted by molar-refractivity contribution is -0.137. The molecule has 1 rings (SSSR count). The van der Waals surface area contributed by atoms with Crippen LogP contribution in [0.4, 0.5) is 0 Å². The molecule has 0 saturated heterocycles. The molecule has 0 aliphatic rings. The average Bonchev–Trinajstić information content (AvgIpc) is 2.43. The highest BCUT2D eigenvalue weighted by Gasteiger charge is 2.12. The maximum atomic E-state index is 11.7. The van der Waals surface area contributed by atoms with Gasteiger partial charge in [0.15, 0.2) is 6.61 Å². The van der Waals surface area contributed by atoms with Crippen LogP contribution in [0.25, 0.3) is 0 Å². The Morgan fingerprint density at radius 3 is 2.62 bits per heavy atom. The second-order valence-electron chi connectivity index (χ2n) is 4.55. The van der Waals surface area contributed by atoms with Crippen LogP contribution in [-0.4, -0.2) is 35.5 Å². The van der Waals surface area contributed by atoms with Crippen LogP contribution in [0.2, 0.25) is 0 Å². The third-order valence-electron chi connectivity index (χ3n) is 2.71. The van der Waals surface area contributed by atoms with Crippen molar-refractivity contribution < 1.29 is 24.2 Å². The number of para-hydroxylation sites is 1. The number of primary amides is 1. The van der Waals surface area contributed by atoms with Gasteiger partial charge in [0.05, 0.1) is 5.56 Å². The number of nitrogens with one attached hydrogen (secondary N) is 1. The van der Waals surface area contributed by atoms with E-state index in [1.165, 1.54) is 6.07 Å². The van der Waals surface area contributed by atoms with E-state index < -0.39 is 17.8 Å². The van der Waals surface area contributed by atoms with E-state index in [1.54, 1.807) is 25.1 Å². The minimum absolute atomic E-state index is 0.0210. The van der Waals surface area contributed by atoms with Gasteiger partial charge >= 0.3 is 5.97 Å². The van der Waals surface area contributed by atoms with Crippen molar-refractivity contribution in [3.05, 3.63) is 29.8 Å². The number of rotatable bonds is 8. The molecule has 1 unspecified atom stereocenters. The molecular weight excluding hydrogens is 276 g/mol. The Morgan fingerprint density at radius 2 is 2.00 bits per heavy atom. The molecule has 114 valence electrons. The molecule has 0 heterocycles. The summed E-state index contributed by atoms with van der Waals surface area (Å²) >= 11 is 0. The van der Waals surface area contributed by atoms with E-state index in [0.717, 1.165) is 0 Å². The van der Waals surface area contributed by atoms with Crippen LogP contribution in [0.15, 0.2) is 24.3 Å². The molecule has 0 aromatic heterocycles. The number of aliphatic carboxylic acids is 1. The first kappa shape index (κ1) is 16.5. The topological polar surface area (TPSA) is 119 Å². The fraction of sp³-hybridized carbons (Fsp3) is 0.357. The smallest absolute Gasteiger partial charge is 0.303 e. The van der Waals surface area contributed by atoms with E-state index in [0.29, 0.717) is 6.42 Å². The molecule has 1 atom stereocenters. The van der Waals surface area contributed by atoms with Gasteiger partial charge in [0.25, 0.3) is 11.8 Å². The molecule has 7 nitrogen and oxygen atoms in total. The molecule has 0 radical (unpaired) electrons. The van der Waals surface area contributed by atoms with E-state index in [9.17, 15) is 14.4 Å². The van der Waals surface area contributed by atoms with Crippen LogP contribution in [0, 0.1) is 0 Å². The largest absolute Gasteiger partial charge is 0.483 e. The molecule has 7 heteroatoms. The third kappa shape index (κ3) is 5.94. The second-order valence-corrected chi connectivity index (χ2v) is 4.55. The van der Waals surface area contributed by atoms with Crippen LogP contribution in [0.1, 0.15) is 30.1 Å². The van der Waals surface area contributed by atoms with Crippen molar-refractivity contribution in [3.8, 4) is 5.75 Å². The maximum absolute atomic E-state index is 11.7. The van der Waals surface area contributed by atoms with Crippen LogP contribution >= 0.6 is 0 Å². The Bertz CT molecular complexity index is 530. The first-order valence-corrected chi connectivity index (χ1v) is 6.43. The normalized spacial score (nSPS) is 11.5. The van der Waals surface area contributed by atoms with Crippen molar-refractivity contribution in [2.75, 3.05) is 6.61 Å². The minimum Gasteiger partial charge on any atom is -0.483 e. The van der Waals surface area contributed by atoms with E-state index in [4.69, 9.17) is 15.6 Å². The number of carbonyl (C=O) groups is 3. The predicted octanol–water partition coefficient (Wildman–Crippen LogP) is 0.534. The summed E-state index contributed by atoms with van der Waals surface area (Å²) in [5.41, 5.74) is 5.39. The molecule has 1 aromatic carbocycles. The molecule has 0 saturated carbocycles. The second kappa shape index (κ2) is 7.88. The monoisotopic (exact) mass is 294 g/mol. The van der Waals surface area contributed by atoms with Crippen molar-refractivity contribution in [1.29, 1.82) is 0 Å². The summed E-state index contributed by atoms with van der Waals surface area (Å²) in [6.07, 6.45) is 0.311. The number of nitrogens with two attached hydrogens (primary N) is 1. The van der Waals surface area contributed by atoms with Crippen molar-refractivity contribution in [2.24, 2.45) is 5.73 Å². The number of benzene rings is 1. The molecular formula is C14H18N2O5. The Hall–Kier alpha value is -2.57. The zero-order chi connectivity index (χ0) is 15.8. The number of carboxylic acid groups (broad SMARTS) is 1. The number of amides is 2. The van der Waals surface area contributed by atoms with Gasteiger partial charge in [-0.1, -0.05) is 12.1 Å². The predicted molar refractivity (Wildman–Crippen MR) is 74.9 cm³/mol. The standard InChI is InChI=1S/C14H18N2O5/c1-9(6-7-13(18)19)16-12(17)8-21-11-5-3-2-4-10(11)14(15)20/h2-5,9H,6-8H2,1H3,(H2,15,20)(H,16,17)(H,18,19). The highest BCUT2D eigenvalue weighted by atomic mass is 16.5. The molecule has 2 amide bonds. The molecule has 0 bridgehead atoms. The van der Waals surface area contributed by atoms with Crippen molar-refractivity contribution in [1.82, 2.24) is 5.32 Å². The van der Waals surface area contributed by atoms with Crippen LogP contribution in [0.5, 0.6) is 5.75 Å². The van der Waals surface area contributed by atoms with E-state index >= 15 is 0 Å². The fourth-order valence-electron chi connectivity index (χ4n) is 1.67. The Balaban J connectivity index is 2.46. The molecule has 1 aromatic rings.